The molecule has 0 radical (unpaired) electrons. The Hall–Kier alpha value is -1.88. The Morgan fingerprint density at radius 3 is 2.62 bits per heavy atom. The number of furan rings is 1. The Kier molecular flexibility index (Phi) is 3.68. The van der Waals surface area contributed by atoms with Gasteiger partial charge in [-0.3, -0.25) is 0 Å². The summed E-state index contributed by atoms with van der Waals surface area (Å²) < 4.78 is 15.7. The van der Waals surface area contributed by atoms with Crippen molar-refractivity contribution in [3.05, 3.63) is 22.9 Å². The summed E-state index contributed by atoms with van der Waals surface area (Å²) in [6.45, 7) is 1.92. The van der Waals surface area contributed by atoms with Gasteiger partial charge in [-0.1, -0.05) is 11.6 Å². The first-order valence-electron chi connectivity index (χ1n) is 6.79. The van der Waals surface area contributed by atoms with E-state index in [9.17, 15) is 4.79 Å². The fourth-order valence-electron chi connectivity index (χ4n) is 2.70. The molecule has 0 atom stereocenters. The number of methoxy groups -OCH3 is 2. The number of rotatable bonds is 3. The molecule has 2 aromatic rings. The molecule has 1 saturated heterocycles. The summed E-state index contributed by atoms with van der Waals surface area (Å²) in [5, 5.41) is 1.10. The lowest BCUT2D eigenvalue weighted by Crippen LogP contribution is -2.18. The van der Waals surface area contributed by atoms with E-state index in [0.717, 1.165) is 31.6 Å². The van der Waals surface area contributed by atoms with E-state index in [1.807, 2.05) is 6.07 Å². The first-order valence-corrected chi connectivity index (χ1v) is 7.16. The predicted molar refractivity (Wildman–Crippen MR) is 80.6 cm³/mol. The summed E-state index contributed by atoms with van der Waals surface area (Å²) in [5.41, 5.74) is 1.46. The number of ether oxygens (including phenoxy) is 2. The normalized spacial score (nSPS) is 14.7. The van der Waals surface area contributed by atoms with E-state index in [2.05, 4.69) is 9.64 Å². The van der Waals surface area contributed by atoms with Crippen molar-refractivity contribution in [1.82, 2.24) is 0 Å². The van der Waals surface area contributed by atoms with Gasteiger partial charge in [-0.25, -0.2) is 4.79 Å². The lowest BCUT2D eigenvalue weighted by Gasteiger charge is -2.21. The lowest BCUT2D eigenvalue weighted by atomic mass is 10.2. The van der Waals surface area contributed by atoms with Gasteiger partial charge < -0.3 is 18.8 Å². The highest BCUT2D eigenvalue weighted by Crippen LogP contribution is 2.43. The smallest absolute Gasteiger partial charge is 0.373 e. The Bertz CT molecular complexity index is 689. The number of carbonyl (C=O) groups excluding carboxylic acids is 1. The molecule has 21 heavy (non-hydrogen) atoms. The third kappa shape index (κ3) is 2.31. The molecule has 1 fully saturated rings. The average molecular weight is 310 g/mol. The number of esters is 1. The van der Waals surface area contributed by atoms with E-state index in [-0.39, 0.29) is 5.76 Å². The maximum atomic E-state index is 11.6. The van der Waals surface area contributed by atoms with E-state index in [0.29, 0.717) is 21.7 Å². The first kappa shape index (κ1) is 14.1. The fourth-order valence-corrected chi connectivity index (χ4v) is 3.02. The van der Waals surface area contributed by atoms with E-state index in [1.54, 1.807) is 13.2 Å². The summed E-state index contributed by atoms with van der Waals surface area (Å²) >= 11 is 6.42. The Balaban J connectivity index is 2.17. The molecule has 1 aromatic carbocycles. The topological polar surface area (TPSA) is 51.9 Å². The molecule has 3 rings (SSSR count). The van der Waals surface area contributed by atoms with Crippen molar-refractivity contribution in [3.63, 3.8) is 0 Å². The summed E-state index contributed by atoms with van der Waals surface area (Å²) in [6.07, 6.45) is 2.29. The minimum absolute atomic E-state index is 0.134. The van der Waals surface area contributed by atoms with Gasteiger partial charge in [-0.15, -0.1) is 0 Å². The second-order valence-corrected chi connectivity index (χ2v) is 5.33. The van der Waals surface area contributed by atoms with E-state index < -0.39 is 5.97 Å². The highest BCUT2D eigenvalue weighted by atomic mass is 35.5. The number of carbonyl (C=O) groups is 1. The molecule has 5 nitrogen and oxygen atoms in total. The minimum atomic E-state index is -0.524. The van der Waals surface area contributed by atoms with Crippen LogP contribution in [-0.2, 0) is 4.74 Å². The largest absolute Gasteiger partial charge is 0.493 e. The van der Waals surface area contributed by atoms with Crippen LogP contribution >= 0.6 is 11.6 Å². The maximum absolute atomic E-state index is 11.6. The van der Waals surface area contributed by atoms with Crippen LogP contribution in [0.15, 0.2) is 16.5 Å². The van der Waals surface area contributed by atoms with Crippen LogP contribution in [0.3, 0.4) is 0 Å². The Morgan fingerprint density at radius 1 is 1.29 bits per heavy atom. The number of hydrogen-bond donors (Lipinski definition) is 0. The molecular formula is C15H16ClNO4. The van der Waals surface area contributed by atoms with E-state index >= 15 is 0 Å². The van der Waals surface area contributed by atoms with E-state index in [1.165, 1.54) is 7.11 Å². The second kappa shape index (κ2) is 5.48. The maximum Gasteiger partial charge on any atom is 0.373 e. The molecule has 2 heterocycles. The van der Waals surface area contributed by atoms with Crippen molar-refractivity contribution in [2.24, 2.45) is 0 Å². The number of fused-ring (bicyclic) bond motifs is 1. The van der Waals surface area contributed by atoms with Gasteiger partial charge in [0.2, 0.25) is 5.76 Å². The van der Waals surface area contributed by atoms with Crippen molar-refractivity contribution in [1.29, 1.82) is 0 Å². The van der Waals surface area contributed by atoms with Gasteiger partial charge >= 0.3 is 5.97 Å². The highest BCUT2D eigenvalue weighted by Gasteiger charge is 2.23. The molecule has 1 aliphatic rings. The van der Waals surface area contributed by atoms with Gasteiger partial charge in [0.1, 0.15) is 5.58 Å². The summed E-state index contributed by atoms with van der Waals surface area (Å²) in [7, 11) is 2.90. The Morgan fingerprint density at radius 2 is 2.00 bits per heavy atom. The van der Waals surface area contributed by atoms with Crippen molar-refractivity contribution in [3.8, 4) is 5.75 Å². The molecule has 0 N–H and O–H groups in total. The standard InChI is InChI=1S/C15H16ClNO4/c1-19-14-10(17-5-3-4-6-17)8-11-9(13(14)16)7-12(21-11)15(18)20-2/h7-8H,3-6H2,1-2H3. The number of anilines is 1. The molecule has 0 saturated carbocycles. The van der Waals surface area contributed by atoms with Crippen molar-refractivity contribution < 1.29 is 18.7 Å². The molecule has 0 spiro atoms. The SMILES string of the molecule is COC(=O)c1cc2c(Cl)c(OC)c(N3CCCC3)cc2o1. The Labute approximate surface area is 127 Å². The van der Waals surface area contributed by atoms with Gasteiger partial charge in [-0.2, -0.15) is 0 Å². The third-order valence-electron chi connectivity index (χ3n) is 3.73. The van der Waals surface area contributed by atoms with Crippen LogP contribution in [0.25, 0.3) is 11.0 Å². The third-order valence-corrected chi connectivity index (χ3v) is 4.11. The van der Waals surface area contributed by atoms with Gasteiger partial charge in [0.25, 0.3) is 0 Å². The monoisotopic (exact) mass is 309 g/mol. The molecule has 1 aliphatic heterocycles. The molecule has 1 aromatic heterocycles. The van der Waals surface area contributed by atoms with Crippen LogP contribution in [0.2, 0.25) is 5.02 Å². The molecule has 0 bridgehead atoms. The van der Waals surface area contributed by atoms with Crippen LogP contribution < -0.4 is 9.64 Å². The summed E-state index contributed by atoms with van der Waals surface area (Å²) in [6, 6.07) is 3.46. The van der Waals surface area contributed by atoms with Crippen molar-refractivity contribution in [2.75, 3.05) is 32.2 Å². The number of halogens is 1. The number of nitrogens with zero attached hydrogens (tertiary/aromatic N) is 1. The molecule has 0 aliphatic carbocycles. The van der Waals surface area contributed by atoms with Gasteiger partial charge in [0.05, 0.1) is 24.9 Å². The van der Waals surface area contributed by atoms with E-state index in [4.69, 9.17) is 20.8 Å². The van der Waals surface area contributed by atoms with Gasteiger partial charge in [-0.05, 0) is 12.8 Å². The zero-order chi connectivity index (χ0) is 15.0. The van der Waals surface area contributed by atoms with Crippen LogP contribution in [-0.4, -0.2) is 33.3 Å². The highest BCUT2D eigenvalue weighted by molar-refractivity contribution is 6.37. The molecule has 0 unspecified atom stereocenters. The fraction of sp³-hybridized carbons (Fsp3) is 0.400. The molecular weight excluding hydrogens is 294 g/mol. The quantitative estimate of drug-likeness (QED) is 0.812. The van der Waals surface area contributed by atoms with Crippen LogP contribution in [0.4, 0.5) is 5.69 Å². The zero-order valence-electron chi connectivity index (χ0n) is 11.9. The second-order valence-electron chi connectivity index (χ2n) is 4.95. The molecule has 0 amide bonds. The van der Waals surface area contributed by atoms with Crippen LogP contribution in [0.1, 0.15) is 23.4 Å². The van der Waals surface area contributed by atoms with Crippen molar-refractivity contribution >= 4 is 34.2 Å². The van der Waals surface area contributed by atoms with Gasteiger partial charge in [0, 0.05) is 30.6 Å². The summed E-state index contributed by atoms with van der Waals surface area (Å²) in [4.78, 5) is 13.8. The van der Waals surface area contributed by atoms with Crippen LogP contribution in [0.5, 0.6) is 5.75 Å². The molecule has 6 heteroatoms. The number of hydrogen-bond acceptors (Lipinski definition) is 5. The molecule has 112 valence electrons. The van der Waals surface area contributed by atoms with Gasteiger partial charge in [0.15, 0.2) is 5.75 Å². The zero-order valence-corrected chi connectivity index (χ0v) is 12.7. The lowest BCUT2D eigenvalue weighted by molar-refractivity contribution is 0.0567. The average Bonchev–Trinajstić information content (AvgIpc) is 3.15. The minimum Gasteiger partial charge on any atom is -0.493 e. The van der Waals surface area contributed by atoms with Crippen molar-refractivity contribution in [2.45, 2.75) is 12.8 Å². The first-order chi connectivity index (χ1) is 10.2. The van der Waals surface area contributed by atoms with Crippen LogP contribution in [0, 0.1) is 0 Å². The summed E-state index contributed by atoms with van der Waals surface area (Å²) in [5.74, 6) is 0.224. The predicted octanol–water partition coefficient (Wildman–Crippen LogP) is 3.48. The number of benzene rings is 1.